The number of hydrogen-bond acceptors (Lipinski definition) is 2. The molecule has 1 aliphatic heterocycles. The van der Waals surface area contributed by atoms with Gasteiger partial charge in [0.05, 0.1) is 29.7 Å². The van der Waals surface area contributed by atoms with Crippen LogP contribution in [0.5, 0.6) is 0 Å². The fourth-order valence-electron chi connectivity index (χ4n) is 5.03. The summed E-state index contributed by atoms with van der Waals surface area (Å²) in [4.78, 5) is 15.6. The molecule has 1 N–H and O–H groups in total. The number of amides is 2. The van der Waals surface area contributed by atoms with Crippen LogP contribution in [0.2, 0.25) is 0 Å². The Balaban J connectivity index is 1.47. The molecule has 0 saturated heterocycles. The molecule has 1 atom stereocenters. The van der Waals surface area contributed by atoms with Crippen molar-refractivity contribution in [1.82, 2.24) is 24.6 Å². The van der Waals surface area contributed by atoms with Gasteiger partial charge in [0, 0.05) is 18.3 Å². The van der Waals surface area contributed by atoms with Gasteiger partial charge in [0.2, 0.25) is 0 Å². The predicted octanol–water partition coefficient (Wildman–Crippen LogP) is 6.06. The first-order valence-electron chi connectivity index (χ1n) is 12.4. The van der Waals surface area contributed by atoms with E-state index >= 15 is 0 Å². The van der Waals surface area contributed by atoms with Crippen LogP contribution in [0.3, 0.4) is 0 Å². The Morgan fingerprint density at radius 3 is 2.32 bits per heavy atom. The third-order valence-electron chi connectivity index (χ3n) is 6.89. The van der Waals surface area contributed by atoms with Crippen molar-refractivity contribution in [1.29, 1.82) is 0 Å². The number of nitrogens with zero attached hydrogens (tertiary/aromatic N) is 4. The molecular weight excluding hydrogens is 484 g/mol. The van der Waals surface area contributed by atoms with E-state index in [1.165, 1.54) is 24.3 Å². The lowest BCUT2D eigenvalue weighted by molar-refractivity contribution is 0.180. The SMILES string of the molecule is Cc1nn(-c2ccccc2)c2c1CN(C(=O)NCc1ccc(F)cc1)C(c1ccc(F)cc1)c1cccn1-2. The highest BCUT2D eigenvalue weighted by atomic mass is 19.1. The number of rotatable bonds is 4. The summed E-state index contributed by atoms with van der Waals surface area (Å²) in [7, 11) is 0. The average molecular weight is 510 g/mol. The van der Waals surface area contributed by atoms with E-state index in [0.717, 1.165) is 39.6 Å². The number of carbonyl (C=O) groups is 1. The zero-order valence-electron chi connectivity index (χ0n) is 20.7. The topological polar surface area (TPSA) is 55.1 Å². The Bertz CT molecular complexity index is 1590. The number of fused-ring (bicyclic) bond motifs is 3. The van der Waals surface area contributed by atoms with Crippen molar-refractivity contribution in [3.8, 4) is 11.5 Å². The summed E-state index contributed by atoms with van der Waals surface area (Å²) in [6, 6.07) is 25.3. The highest BCUT2D eigenvalue weighted by molar-refractivity contribution is 5.76. The van der Waals surface area contributed by atoms with Gasteiger partial charge >= 0.3 is 6.03 Å². The molecule has 38 heavy (non-hydrogen) atoms. The van der Waals surface area contributed by atoms with E-state index < -0.39 is 6.04 Å². The molecule has 0 spiro atoms. The van der Waals surface area contributed by atoms with Crippen LogP contribution in [0.25, 0.3) is 11.5 Å². The van der Waals surface area contributed by atoms with Crippen LogP contribution in [0.4, 0.5) is 13.6 Å². The number of benzene rings is 3. The fourth-order valence-corrected chi connectivity index (χ4v) is 5.03. The van der Waals surface area contributed by atoms with Crippen LogP contribution in [0.1, 0.15) is 34.1 Å². The van der Waals surface area contributed by atoms with E-state index in [0.29, 0.717) is 0 Å². The number of aromatic nitrogens is 3. The highest BCUT2D eigenvalue weighted by Gasteiger charge is 2.35. The van der Waals surface area contributed by atoms with Gasteiger partial charge < -0.3 is 14.8 Å². The van der Waals surface area contributed by atoms with Crippen molar-refractivity contribution in [3.63, 3.8) is 0 Å². The van der Waals surface area contributed by atoms with Gasteiger partial charge in [-0.05, 0) is 66.6 Å². The standard InChI is InChI=1S/C30H25F2N5O/c1-20-26-19-36(30(38)33-18-21-9-13-23(31)14-10-21)28(22-11-15-24(32)16-12-22)27-8-5-17-35(27)29(26)37(34-20)25-6-3-2-4-7-25/h2-17,28H,18-19H2,1H3,(H,33,38). The van der Waals surface area contributed by atoms with Crippen molar-refractivity contribution in [2.45, 2.75) is 26.1 Å². The molecule has 3 heterocycles. The number of aryl methyl sites for hydroxylation is 1. The molecular formula is C30H25F2N5O. The third-order valence-corrected chi connectivity index (χ3v) is 6.89. The van der Waals surface area contributed by atoms with Crippen LogP contribution in [0, 0.1) is 18.6 Å². The summed E-state index contributed by atoms with van der Waals surface area (Å²) >= 11 is 0. The third kappa shape index (κ3) is 4.24. The van der Waals surface area contributed by atoms with Crippen molar-refractivity contribution in [3.05, 3.63) is 137 Å². The van der Waals surface area contributed by atoms with E-state index in [4.69, 9.17) is 5.10 Å². The first-order valence-corrected chi connectivity index (χ1v) is 12.4. The molecule has 1 unspecified atom stereocenters. The van der Waals surface area contributed by atoms with E-state index in [2.05, 4.69) is 9.88 Å². The molecule has 0 bridgehead atoms. The van der Waals surface area contributed by atoms with Crippen LogP contribution in [-0.2, 0) is 13.1 Å². The summed E-state index contributed by atoms with van der Waals surface area (Å²) in [5.41, 5.74) is 5.04. The zero-order chi connectivity index (χ0) is 26.2. The van der Waals surface area contributed by atoms with Gasteiger partial charge in [-0.3, -0.25) is 0 Å². The van der Waals surface area contributed by atoms with E-state index in [9.17, 15) is 13.6 Å². The second-order valence-corrected chi connectivity index (χ2v) is 9.31. The second-order valence-electron chi connectivity index (χ2n) is 9.31. The molecule has 5 aromatic rings. The van der Waals surface area contributed by atoms with Crippen LogP contribution >= 0.6 is 0 Å². The number of carbonyl (C=O) groups excluding carboxylic acids is 1. The quantitative estimate of drug-likeness (QED) is 0.320. The number of para-hydroxylation sites is 1. The van der Waals surface area contributed by atoms with Crippen molar-refractivity contribution in [2.24, 2.45) is 0 Å². The van der Waals surface area contributed by atoms with E-state index in [1.807, 2.05) is 60.3 Å². The summed E-state index contributed by atoms with van der Waals surface area (Å²) in [6.07, 6.45) is 1.96. The van der Waals surface area contributed by atoms with Gasteiger partial charge in [-0.15, -0.1) is 0 Å². The van der Waals surface area contributed by atoms with Gasteiger partial charge in [-0.1, -0.05) is 42.5 Å². The number of nitrogens with one attached hydrogen (secondary N) is 1. The Hall–Kier alpha value is -4.72. The maximum Gasteiger partial charge on any atom is 0.318 e. The zero-order valence-corrected chi connectivity index (χ0v) is 20.7. The summed E-state index contributed by atoms with van der Waals surface area (Å²) in [5, 5.41) is 7.83. The molecule has 190 valence electrons. The van der Waals surface area contributed by atoms with Gasteiger partial charge in [-0.25, -0.2) is 18.3 Å². The first kappa shape index (κ1) is 23.7. The molecule has 0 fully saturated rings. The summed E-state index contributed by atoms with van der Waals surface area (Å²) in [5.74, 6) is 0.182. The first-order chi connectivity index (χ1) is 18.5. The minimum absolute atomic E-state index is 0.238. The molecule has 2 aromatic heterocycles. The summed E-state index contributed by atoms with van der Waals surface area (Å²) in [6.45, 7) is 2.46. The van der Waals surface area contributed by atoms with Gasteiger partial charge in [0.1, 0.15) is 17.5 Å². The minimum atomic E-state index is -0.491. The Kier molecular flexibility index (Phi) is 5.99. The van der Waals surface area contributed by atoms with E-state index in [1.54, 1.807) is 29.2 Å². The molecule has 3 aromatic carbocycles. The van der Waals surface area contributed by atoms with Gasteiger partial charge in [0.15, 0.2) is 0 Å². The van der Waals surface area contributed by atoms with Gasteiger partial charge in [0.25, 0.3) is 0 Å². The maximum absolute atomic E-state index is 13.9. The lowest BCUT2D eigenvalue weighted by atomic mass is 10.0. The van der Waals surface area contributed by atoms with Crippen LogP contribution in [-0.4, -0.2) is 25.3 Å². The largest absolute Gasteiger partial charge is 0.334 e. The van der Waals surface area contributed by atoms with Gasteiger partial charge in [-0.2, -0.15) is 5.10 Å². The number of urea groups is 1. The lowest BCUT2D eigenvalue weighted by Crippen LogP contribution is -2.41. The van der Waals surface area contributed by atoms with Crippen molar-refractivity contribution < 1.29 is 13.6 Å². The lowest BCUT2D eigenvalue weighted by Gasteiger charge is -2.31. The highest BCUT2D eigenvalue weighted by Crippen LogP contribution is 2.38. The molecule has 2 amide bonds. The molecule has 0 saturated carbocycles. The predicted molar refractivity (Wildman–Crippen MR) is 140 cm³/mol. The van der Waals surface area contributed by atoms with Crippen molar-refractivity contribution in [2.75, 3.05) is 0 Å². The number of hydrogen-bond donors (Lipinski definition) is 1. The van der Waals surface area contributed by atoms with Crippen LogP contribution < -0.4 is 5.32 Å². The Morgan fingerprint density at radius 2 is 1.61 bits per heavy atom. The van der Waals surface area contributed by atoms with Crippen LogP contribution in [0.15, 0.2) is 97.2 Å². The smallest absolute Gasteiger partial charge is 0.318 e. The minimum Gasteiger partial charge on any atom is -0.334 e. The Morgan fingerprint density at radius 1 is 0.921 bits per heavy atom. The molecule has 6 rings (SSSR count). The fraction of sp³-hybridized carbons (Fsp3) is 0.133. The van der Waals surface area contributed by atoms with Crippen molar-refractivity contribution >= 4 is 6.03 Å². The maximum atomic E-state index is 13.9. The second kappa shape index (κ2) is 9.63. The normalized spacial score (nSPS) is 14.5. The molecule has 0 radical (unpaired) electrons. The molecule has 8 heteroatoms. The summed E-state index contributed by atoms with van der Waals surface area (Å²) < 4.78 is 31.2. The average Bonchev–Trinajstić information content (AvgIpc) is 3.50. The molecule has 6 nitrogen and oxygen atoms in total. The molecule has 1 aliphatic rings. The monoisotopic (exact) mass is 509 g/mol. The number of halogens is 2. The van der Waals surface area contributed by atoms with E-state index in [-0.39, 0.29) is 30.8 Å². The molecule has 0 aliphatic carbocycles. The Labute approximate surface area is 218 Å².